The lowest BCUT2D eigenvalue weighted by atomic mass is 10.2. The molecule has 0 aliphatic heterocycles. The van der Waals surface area contributed by atoms with Gasteiger partial charge in [-0.2, -0.15) is 0 Å². The van der Waals surface area contributed by atoms with Crippen LogP contribution in [-0.2, 0) is 11.2 Å². The van der Waals surface area contributed by atoms with Crippen molar-refractivity contribution in [3.8, 4) is 0 Å². The van der Waals surface area contributed by atoms with Crippen molar-refractivity contribution in [3.63, 3.8) is 0 Å². The van der Waals surface area contributed by atoms with Crippen LogP contribution in [0.4, 0.5) is 0 Å². The number of methoxy groups -OCH3 is 1. The SMILES string of the molecule is COCC(Br)Cc1ccc(Br)cn1. The van der Waals surface area contributed by atoms with Crippen LogP contribution in [0, 0.1) is 0 Å². The van der Waals surface area contributed by atoms with Crippen LogP contribution in [0.1, 0.15) is 5.69 Å². The first-order valence-corrected chi connectivity index (χ1v) is 5.66. The highest BCUT2D eigenvalue weighted by Crippen LogP contribution is 2.11. The Kier molecular flexibility index (Phi) is 4.91. The fourth-order valence-corrected chi connectivity index (χ4v) is 1.82. The molecule has 1 heterocycles. The molecule has 0 saturated heterocycles. The van der Waals surface area contributed by atoms with Crippen molar-refractivity contribution in [3.05, 3.63) is 28.5 Å². The molecule has 1 aromatic heterocycles. The Morgan fingerprint density at radius 2 is 2.31 bits per heavy atom. The van der Waals surface area contributed by atoms with Gasteiger partial charge in [-0.25, -0.2) is 0 Å². The molecule has 0 amide bonds. The van der Waals surface area contributed by atoms with E-state index in [2.05, 4.69) is 36.8 Å². The Balaban J connectivity index is 2.49. The predicted molar refractivity (Wildman–Crippen MR) is 60.2 cm³/mol. The van der Waals surface area contributed by atoms with E-state index in [1.54, 1.807) is 7.11 Å². The van der Waals surface area contributed by atoms with E-state index in [1.165, 1.54) is 0 Å². The van der Waals surface area contributed by atoms with Gasteiger partial charge >= 0.3 is 0 Å². The molecule has 1 unspecified atom stereocenters. The number of pyridine rings is 1. The smallest absolute Gasteiger partial charge is 0.0591 e. The minimum Gasteiger partial charge on any atom is -0.384 e. The number of ether oxygens (including phenoxy) is 1. The van der Waals surface area contributed by atoms with Crippen LogP contribution >= 0.6 is 31.9 Å². The highest BCUT2D eigenvalue weighted by molar-refractivity contribution is 9.10. The zero-order chi connectivity index (χ0) is 9.68. The zero-order valence-electron chi connectivity index (χ0n) is 7.34. The highest BCUT2D eigenvalue weighted by atomic mass is 79.9. The molecule has 72 valence electrons. The number of alkyl halides is 1. The predicted octanol–water partition coefficient (Wildman–Crippen LogP) is 2.80. The monoisotopic (exact) mass is 307 g/mol. The van der Waals surface area contributed by atoms with Crippen LogP contribution in [0.25, 0.3) is 0 Å². The third-order valence-electron chi connectivity index (χ3n) is 1.57. The maximum atomic E-state index is 5.02. The number of hydrogen-bond acceptors (Lipinski definition) is 2. The first-order chi connectivity index (χ1) is 6.22. The number of rotatable bonds is 4. The summed E-state index contributed by atoms with van der Waals surface area (Å²) in [7, 11) is 1.70. The summed E-state index contributed by atoms with van der Waals surface area (Å²) >= 11 is 6.86. The average molecular weight is 309 g/mol. The van der Waals surface area contributed by atoms with E-state index in [4.69, 9.17) is 4.74 Å². The molecule has 13 heavy (non-hydrogen) atoms. The normalized spacial score (nSPS) is 12.8. The molecule has 0 aliphatic rings. The molecule has 0 aromatic carbocycles. The summed E-state index contributed by atoms with van der Waals surface area (Å²) < 4.78 is 6.02. The molecule has 1 atom stereocenters. The Hall–Kier alpha value is 0.0700. The Morgan fingerprint density at radius 3 is 2.85 bits per heavy atom. The van der Waals surface area contributed by atoms with E-state index in [-0.39, 0.29) is 0 Å². The quantitative estimate of drug-likeness (QED) is 0.798. The van der Waals surface area contributed by atoms with Crippen LogP contribution in [0.3, 0.4) is 0 Å². The van der Waals surface area contributed by atoms with Gasteiger partial charge < -0.3 is 4.74 Å². The first kappa shape index (κ1) is 11.1. The van der Waals surface area contributed by atoms with Crippen molar-refractivity contribution >= 4 is 31.9 Å². The summed E-state index contributed by atoms with van der Waals surface area (Å²) in [6.07, 6.45) is 2.70. The largest absolute Gasteiger partial charge is 0.384 e. The summed E-state index contributed by atoms with van der Waals surface area (Å²) in [6, 6.07) is 4.00. The van der Waals surface area contributed by atoms with Crippen molar-refractivity contribution in [2.75, 3.05) is 13.7 Å². The molecule has 0 saturated carbocycles. The van der Waals surface area contributed by atoms with Gasteiger partial charge in [0.25, 0.3) is 0 Å². The lowest BCUT2D eigenvalue weighted by Gasteiger charge is -2.07. The third-order valence-corrected chi connectivity index (χ3v) is 2.62. The molecule has 0 radical (unpaired) electrons. The van der Waals surface area contributed by atoms with Gasteiger partial charge in [0.1, 0.15) is 0 Å². The van der Waals surface area contributed by atoms with Gasteiger partial charge in [-0.15, -0.1) is 0 Å². The minimum atomic E-state index is 0.339. The number of nitrogens with zero attached hydrogens (tertiary/aromatic N) is 1. The highest BCUT2D eigenvalue weighted by Gasteiger charge is 2.05. The first-order valence-electron chi connectivity index (χ1n) is 3.96. The van der Waals surface area contributed by atoms with E-state index in [1.807, 2.05) is 18.3 Å². The van der Waals surface area contributed by atoms with E-state index >= 15 is 0 Å². The topological polar surface area (TPSA) is 22.1 Å². The summed E-state index contributed by atoms with van der Waals surface area (Å²) in [5.74, 6) is 0. The lowest BCUT2D eigenvalue weighted by Crippen LogP contribution is -2.10. The second kappa shape index (κ2) is 5.73. The average Bonchev–Trinajstić information content (AvgIpc) is 2.09. The minimum absolute atomic E-state index is 0.339. The lowest BCUT2D eigenvalue weighted by molar-refractivity contribution is 0.200. The summed E-state index contributed by atoms with van der Waals surface area (Å²) in [5.41, 5.74) is 1.07. The van der Waals surface area contributed by atoms with Gasteiger partial charge in [0, 0.05) is 34.7 Å². The summed E-state index contributed by atoms with van der Waals surface area (Å²) in [4.78, 5) is 4.61. The van der Waals surface area contributed by atoms with Gasteiger partial charge in [-0.1, -0.05) is 15.9 Å². The van der Waals surface area contributed by atoms with Crippen LogP contribution in [0.5, 0.6) is 0 Å². The molecule has 0 bridgehead atoms. The number of hydrogen-bond donors (Lipinski definition) is 0. The molecule has 0 fully saturated rings. The number of aromatic nitrogens is 1. The molecule has 4 heteroatoms. The van der Waals surface area contributed by atoms with Crippen LogP contribution < -0.4 is 0 Å². The summed E-state index contributed by atoms with van der Waals surface area (Å²) in [6.45, 7) is 0.706. The van der Waals surface area contributed by atoms with Gasteiger partial charge in [-0.05, 0) is 28.1 Å². The Morgan fingerprint density at radius 1 is 1.54 bits per heavy atom. The van der Waals surface area contributed by atoms with Crippen molar-refractivity contribution in [2.45, 2.75) is 11.2 Å². The fourth-order valence-electron chi connectivity index (χ4n) is 0.994. The molecule has 0 aliphatic carbocycles. The van der Waals surface area contributed by atoms with E-state index < -0.39 is 0 Å². The molecular weight excluding hydrogens is 298 g/mol. The van der Waals surface area contributed by atoms with Crippen LogP contribution in [-0.4, -0.2) is 23.5 Å². The zero-order valence-corrected chi connectivity index (χ0v) is 10.5. The van der Waals surface area contributed by atoms with Gasteiger partial charge in [0.05, 0.1) is 6.61 Å². The van der Waals surface area contributed by atoms with Crippen molar-refractivity contribution in [1.82, 2.24) is 4.98 Å². The Bertz CT molecular complexity index is 250. The third kappa shape index (κ3) is 4.20. The second-order valence-corrected chi connectivity index (χ2v) is 4.94. The summed E-state index contributed by atoms with van der Waals surface area (Å²) in [5, 5.41) is 0. The molecular formula is C9H11Br2NO. The van der Waals surface area contributed by atoms with E-state index in [0.717, 1.165) is 16.6 Å². The second-order valence-electron chi connectivity index (χ2n) is 2.72. The maximum absolute atomic E-state index is 5.02. The van der Waals surface area contributed by atoms with E-state index in [0.29, 0.717) is 11.4 Å². The van der Waals surface area contributed by atoms with Crippen LogP contribution in [0.15, 0.2) is 22.8 Å². The van der Waals surface area contributed by atoms with Gasteiger partial charge in [-0.3, -0.25) is 4.98 Å². The molecule has 1 aromatic rings. The van der Waals surface area contributed by atoms with E-state index in [9.17, 15) is 0 Å². The van der Waals surface area contributed by atoms with Crippen molar-refractivity contribution in [1.29, 1.82) is 0 Å². The van der Waals surface area contributed by atoms with Gasteiger partial charge in [0.15, 0.2) is 0 Å². The van der Waals surface area contributed by atoms with Crippen molar-refractivity contribution < 1.29 is 4.74 Å². The fraction of sp³-hybridized carbons (Fsp3) is 0.444. The van der Waals surface area contributed by atoms with Crippen LogP contribution in [0.2, 0.25) is 0 Å². The Labute approximate surface area is 95.0 Å². The van der Waals surface area contributed by atoms with Crippen molar-refractivity contribution in [2.24, 2.45) is 0 Å². The number of halogens is 2. The van der Waals surface area contributed by atoms with Gasteiger partial charge in [0.2, 0.25) is 0 Å². The maximum Gasteiger partial charge on any atom is 0.0591 e. The standard InChI is InChI=1S/C9H11Br2NO/c1-13-6-8(11)4-9-3-2-7(10)5-12-9/h2-3,5,8H,4,6H2,1H3. The molecule has 1 rings (SSSR count). The molecule has 0 spiro atoms. The molecule has 0 N–H and O–H groups in total. The molecule has 2 nitrogen and oxygen atoms in total.